The number of hydrazine groups is 1. The molecule has 0 radical (unpaired) electrons. The van der Waals surface area contributed by atoms with Gasteiger partial charge in [-0.05, 0) is 6.92 Å². The molecule has 0 aliphatic carbocycles. The zero-order chi connectivity index (χ0) is 9.99. The van der Waals surface area contributed by atoms with Gasteiger partial charge in [0.1, 0.15) is 4.75 Å². The molecule has 0 aromatic heterocycles. The summed E-state index contributed by atoms with van der Waals surface area (Å²) >= 11 is 3.39. The molecule has 0 saturated carbocycles. The lowest BCUT2D eigenvalue weighted by molar-refractivity contribution is -0.164. The van der Waals surface area contributed by atoms with Crippen molar-refractivity contribution < 1.29 is 18.3 Å². The Morgan fingerprint density at radius 3 is 2.08 bits per heavy atom. The molecular formula is C5H11F3N2OS. The summed E-state index contributed by atoms with van der Waals surface area (Å²) in [6, 6.07) is -1.32. The van der Waals surface area contributed by atoms with E-state index in [1.165, 1.54) is 0 Å². The fourth-order valence-electron chi connectivity index (χ4n) is 0.590. The van der Waals surface area contributed by atoms with Crippen molar-refractivity contribution in [2.75, 3.05) is 6.61 Å². The van der Waals surface area contributed by atoms with Gasteiger partial charge in [-0.25, -0.2) is 0 Å². The van der Waals surface area contributed by atoms with Crippen molar-refractivity contribution in [2.45, 2.75) is 23.9 Å². The number of alkyl halides is 3. The molecular weight excluding hydrogens is 193 g/mol. The van der Waals surface area contributed by atoms with Gasteiger partial charge in [0.15, 0.2) is 0 Å². The van der Waals surface area contributed by atoms with Crippen LogP contribution in [0.25, 0.3) is 0 Å². The van der Waals surface area contributed by atoms with Crippen LogP contribution in [0.5, 0.6) is 0 Å². The van der Waals surface area contributed by atoms with E-state index in [0.29, 0.717) is 0 Å². The van der Waals surface area contributed by atoms with Crippen LogP contribution in [0, 0.1) is 0 Å². The first-order valence-electron chi connectivity index (χ1n) is 3.13. The van der Waals surface area contributed by atoms with Crippen molar-refractivity contribution in [1.29, 1.82) is 0 Å². The lowest BCUT2D eigenvalue weighted by Crippen LogP contribution is -2.57. The Hall–Kier alpha value is 0.0200. The zero-order valence-corrected chi connectivity index (χ0v) is 7.28. The first kappa shape index (κ1) is 12.0. The van der Waals surface area contributed by atoms with E-state index in [0.717, 1.165) is 6.92 Å². The highest BCUT2D eigenvalue weighted by molar-refractivity contribution is 7.82. The van der Waals surface area contributed by atoms with E-state index in [-0.39, 0.29) is 0 Å². The van der Waals surface area contributed by atoms with Crippen LogP contribution in [0.1, 0.15) is 6.92 Å². The first-order valence-corrected chi connectivity index (χ1v) is 3.58. The number of thiol groups is 1. The Bertz CT molecular complexity index is 146. The fourth-order valence-corrected chi connectivity index (χ4v) is 0.746. The summed E-state index contributed by atoms with van der Waals surface area (Å²) in [5.74, 6) is 4.81. The average Bonchev–Trinajstić information content (AvgIpc) is 1.87. The Labute approximate surface area is 73.5 Å². The van der Waals surface area contributed by atoms with E-state index in [4.69, 9.17) is 10.9 Å². The van der Waals surface area contributed by atoms with Gasteiger partial charge < -0.3 is 5.11 Å². The van der Waals surface area contributed by atoms with Gasteiger partial charge in [-0.15, -0.1) is 0 Å². The van der Waals surface area contributed by atoms with E-state index in [2.05, 4.69) is 12.6 Å². The first-order chi connectivity index (χ1) is 5.27. The van der Waals surface area contributed by atoms with Crippen molar-refractivity contribution in [3.8, 4) is 0 Å². The predicted molar refractivity (Wildman–Crippen MR) is 41.6 cm³/mol. The third-order valence-electron chi connectivity index (χ3n) is 1.64. The molecule has 0 aromatic carbocycles. The topological polar surface area (TPSA) is 58.3 Å². The minimum absolute atomic E-state index is 0.726. The fraction of sp³-hybridized carbons (Fsp3) is 1.00. The number of halogens is 3. The second-order valence-electron chi connectivity index (χ2n) is 2.55. The molecule has 0 aliphatic heterocycles. The quantitative estimate of drug-likeness (QED) is 0.299. The monoisotopic (exact) mass is 204 g/mol. The van der Waals surface area contributed by atoms with Gasteiger partial charge in [-0.3, -0.25) is 11.3 Å². The lowest BCUT2D eigenvalue weighted by Gasteiger charge is -2.33. The summed E-state index contributed by atoms with van der Waals surface area (Å²) < 4.78 is 34.2. The number of hydrogen-bond donors (Lipinski definition) is 4. The van der Waals surface area contributed by atoms with Crippen LogP contribution in [0.3, 0.4) is 0 Å². The van der Waals surface area contributed by atoms with E-state index in [1.807, 2.05) is 5.43 Å². The normalized spacial score (nSPS) is 20.2. The van der Waals surface area contributed by atoms with Crippen LogP contribution in [-0.2, 0) is 0 Å². The Morgan fingerprint density at radius 1 is 1.58 bits per heavy atom. The molecule has 0 rings (SSSR count). The van der Waals surface area contributed by atoms with Crippen molar-refractivity contribution in [1.82, 2.24) is 5.43 Å². The Balaban J connectivity index is 4.57. The number of aliphatic hydroxyl groups excluding tert-OH is 1. The van der Waals surface area contributed by atoms with Crippen LogP contribution in [0.4, 0.5) is 13.2 Å². The van der Waals surface area contributed by atoms with E-state index < -0.39 is 23.6 Å². The van der Waals surface area contributed by atoms with Gasteiger partial charge in [-0.2, -0.15) is 25.8 Å². The maximum absolute atomic E-state index is 12.2. The SMILES string of the molecule is C[C@@](S)([C@@H](CO)NN)C(F)(F)F. The molecule has 0 heterocycles. The molecule has 0 unspecified atom stereocenters. The molecule has 2 atom stereocenters. The van der Waals surface area contributed by atoms with Crippen molar-refractivity contribution in [3.63, 3.8) is 0 Å². The van der Waals surface area contributed by atoms with Gasteiger partial charge in [0, 0.05) is 0 Å². The highest BCUT2D eigenvalue weighted by Gasteiger charge is 2.53. The van der Waals surface area contributed by atoms with Crippen molar-refractivity contribution >= 4 is 12.6 Å². The summed E-state index contributed by atoms with van der Waals surface area (Å²) in [5, 5.41) is 8.53. The predicted octanol–water partition coefficient (Wildman–Crippen LogP) is 0.0614. The van der Waals surface area contributed by atoms with Crippen molar-refractivity contribution in [3.05, 3.63) is 0 Å². The summed E-state index contributed by atoms with van der Waals surface area (Å²) in [4.78, 5) is 0. The smallest absolute Gasteiger partial charge is 0.395 e. The molecule has 0 aliphatic rings. The van der Waals surface area contributed by atoms with Crippen LogP contribution in [0.2, 0.25) is 0 Å². The molecule has 12 heavy (non-hydrogen) atoms. The van der Waals surface area contributed by atoms with Gasteiger partial charge in [0.05, 0.1) is 12.6 Å². The highest BCUT2D eigenvalue weighted by Crippen LogP contribution is 2.37. The Kier molecular flexibility index (Phi) is 3.83. The van der Waals surface area contributed by atoms with E-state index >= 15 is 0 Å². The third-order valence-corrected chi connectivity index (χ3v) is 2.20. The van der Waals surface area contributed by atoms with Gasteiger partial charge in [-0.1, -0.05) is 0 Å². The molecule has 74 valence electrons. The van der Waals surface area contributed by atoms with Crippen LogP contribution in [-0.4, -0.2) is 28.7 Å². The number of hydrogen-bond acceptors (Lipinski definition) is 4. The number of nitrogens with two attached hydrogens (primary N) is 1. The molecule has 0 amide bonds. The van der Waals surface area contributed by atoms with Crippen LogP contribution < -0.4 is 11.3 Å². The summed E-state index contributed by atoms with van der Waals surface area (Å²) in [5.41, 5.74) is 1.85. The minimum atomic E-state index is -4.52. The highest BCUT2D eigenvalue weighted by atomic mass is 32.1. The van der Waals surface area contributed by atoms with Gasteiger partial charge in [0.2, 0.25) is 0 Å². The summed E-state index contributed by atoms with van der Waals surface area (Å²) in [6.07, 6.45) is -4.52. The largest absolute Gasteiger partial charge is 0.404 e. The minimum Gasteiger partial charge on any atom is -0.395 e. The summed E-state index contributed by atoms with van der Waals surface area (Å²) in [6.45, 7) is 0.118. The van der Waals surface area contributed by atoms with Gasteiger partial charge >= 0.3 is 6.18 Å². The molecule has 0 aromatic rings. The molecule has 4 N–H and O–H groups in total. The van der Waals surface area contributed by atoms with Crippen molar-refractivity contribution in [2.24, 2.45) is 5.84 Å². The summed E-state index contributed by atoms with van der Waals surface area (Å²) in [7, 11) is 0. The van der Waals surface area contributed by atoms with Gasteiger partial charge in [0.25, 0.3) is 0 Å². The second kappa shape index (κ2) is 3.82. The second-order valence-corrected chi connectivity index (χ2v) is 3.48. The molecule has 7 heteroatoms. The average molecular weight is 204 g/mol. The van der Waals surface area contributed by atoms with Crippen LogP contribution >= 0.6 is 12.6 Å². The van der Waals surface area contributed by atoms with E-state index in [9.17, 15) is 13.2 Å². The number of rotatable bonds is 3. The molecule has 0 fully saturated rings. The standard InChI is InChI=1S/C5H11F3N2OS/c1-4(12,5(6,7)8)3(2-11)10-9/h3,10-12H,2,9H2,1H3/t3-,4-/m1/s1. The number of nitrogens with one attached hydrogen (secondary N) is 1. The molecule has 3 nitrogen and oxygen atoms in total. The third kappa shape index (κ3) is 2.25. The molecule has 0 bridgehead atoms. The van der Waals surface area contributed by atoms with Crippen LogP contribution in [0.15, 0.2) is 0 Å². The maximum atomic E-state index is 12.2. The van der Waals surface area contributed by atoms with E-state index in [1.54, 1.807) is 0 Å². The Morgan fingerprint density at radius 2 is 2.00 bits per heavy atom. The number of aliphatic hydroxyl groups is 1. The maximum Gasteiger partial charge on any atom is 0.404 e. The molecule has 0 spiro atoms. The molecule has 0 saturated heterocycles. The lowest BCUT2D eigenvalue weighted by atomic mass is 10.0. The zero-order valence-electron chi connectivity index (χ0n) is 6.39.